The van der Waals surface area contributed by atoms with Crippen LogP contribution in [0.15, 0.2) is 18.7 Å². The Balaban J connectivity index is 2.12. The van der Waals surface area contributed by atoms with Crippen LogP contribution in [-0.2, 0) is 11.3 Å². The zero-order valence-corrected chi connectivity index (χ0v) is 13.4. The Morgan fingerprint density at radius 1 is 1.10 bits per heavy atom. The molecule has 0 aliphatic rings. The van der Waals surface area contributed by atoms with Gasteiger partial charge in [0.15, 0.2) is 0 Å². The van der Waals surface area contributed by atoms with Crippen molar-refractivity contribution in [1.29, 1.82) is 0 Å². The van der Waals surface area contributed by atoms with Gasteiger partial charge in [-0.3, -0.25) is 4.79 Å². The molecule has 114 valence electrons. The largest absolute Gasteiger partial charge is 0.338 e. The van der Waals surface area contributed by atoms with Gasteiger partial charge in [0, 0.05) is 37.4 Å². The number of imidazole rings is 1. The first kappa shape index (κ1) is 16.7. The molecule has 0 saturated carbocycles. The van der Waals surface area contributed by atoms with Crippen LogP contribution in [0.5, 0.6) is 0 Å². The second kappa shape index (κ2) is 8.77. The lowest BCUT2D eigenvalue weighted by atomic mass is 10.1. The summed E-state index contributed by atoms with van der Waals surface area (Å²) in [6, 6.07) is 0.590. The molecule has 1 aromatic heterocycles. The van der Waals surface area contributed by atoms with Crippen molar-refractivity contribution in [2.45, 2.75) is 78.4 Å². The van der Waals surface area contributed by atoms with Crippen molar-refractivity contribution in [1.82, 2.24) is 14.5 Å². The molecule has 4 nitrogen and oxygen atoms in total. The molecule has 1 aromatic rings. The molecule has 0 aliphatic heterocycles. The Kier molecular flexibility index (Phi) is 7.34. The van der Waals surface area contributed by atoms with E-state index >= 15 is 0 Å². The molecule has 1 heterocycles. The number of hydrogen-bond acceptors (Lipinski definition) is 2. The van der Waals surface area contributed by atoms with Crippen LogP contribution in [0.1, 0.15) is 59.8 Å². The molecule has 20 heavy (non-hydrogen) atoms. The number of unbranched alkanes of at least 4 members (excludes halogenated alkanes) is 3. The molecular weight excluding hydrogens is 250 g/mol. The highest BCUT2D eigenvalue weighted by molar-refractivity contribution is 5.76. The maximum Gasteiger partial charge on any atom is 0.223 e. The van der Waals surface area contributed by atoms with Gasteiger partial charge < -0.3 is 9.47 Å². The average molecular weight is 279 g/mol. The van der Waals surface area contributed by atoms with E-state index in [0.29, 0.717) is 24.4 Å². The van der Waals surface area contributed by atoms with Crippen LogP contribution in [0.3, 0.4) is 0 Å². The number of nitrogens with zero attached hydrogens (tertiary/aromatic N) is 3. The quantitative estimate of drug-likeness (QED) is 0.649. The first-order chi connectivity index (χ1) is 9.52. The van der Waals surface area contributed by atoms with Crippen molar-refractivity contribution in [3.05, 3.63) is 18.7 Å². The van der Waals surface area contributed by atoms with Crippen molar-refractivity contribution in [3.63, 3.8) is 0 Å². The van der Waals surface area contributed by atoms with Gasteiger partial charge in [0.1, 0.15) is 0 Å². The van der Waals surface area contributed by atoms with Gasteiger partial charge in [-0.1, -0.05) is 12.8 Å². The molecule has 0 aromatic carbocycles. The van der Waals surface area contributed by atoms with Gasteiger partial charge in [-0.25, -0.2) is 4.98 Å². The molecular formula is C16H29N3O. The minimum atomic E-state index is 0.295. The number of hydrogen-bond donors (Lipinski definition) is 0. The number of aryl methyl sites for hydroxylation is 1. The minimum Gasteiger partial charge on any atom is -0.338 e. The van der Waals surface area contributed by atoms with E-state index in [9.17, 15) is 4.79 Å². The van der Waals surface area contributed by atoms with Gasteiger partial charge in [0.25, 0.3) is 0 Å². The fourth-order valence-corrected chi connectivity index (χ4v) is 2.64. The summed E-state index contributed by atoms with van der Waals surface area (Å²) in [5.74, 6) is 0.296. The van der Waals surface area contributed by atoms with Gasteiger partial charge in [0.05, 0.1) is 6.33 Å². The number of carbonyl (C=O) groups excluding carboxylic acids is 1. The highest BCUT2D eigenvalue weighted by Gasteiger charge is 2.18. The summed E-state index contributed by atoms with van der Waals surface area (Å²) >= 11 is 0. The molecule has 0 unspecified atom stereocenters. The lowest BCUT2D eigenvalue weighted by molar-refractivity contribution is -0.134. The summed E-state index contributed by atoms with van der Waals surface area (Å²) in [6.07, 6.45) is 10.8. The van der Waals surface area contributed by atoms with Crippen LogP contribution in [0.2, 0.25) is 0 Å². The predicted octanol–water partition coefficient (Wildman–Crippen LogP) is 3.48. The van der Waals surface area contributed by atoms with E-state index in [1.165, 1.54) is 6.42 Å². The summed E-state index contributed by atoms with van der Waals surface area (Å²) in [7, 11) is 0. The summed E-state index contributed by atoms with van der Waals surface area (Å²) in [6.45, 7) is 9.37. The van der Waals surface area contributed by atoms with E-state index in [4.69, 9.17) is 0 Å². The molecule has 0 atom stereocenters. The standard InChI is InChI=1S/C16H29N3O/c1-14(2)19(15(3)4)16(20)9-7-5-6-8-11-18-12-10-17-13-18/h10,12-15H,5-9,11H2,1-4H3. The van der Waals surface area contributed by atoms with Gasteiger partial charge in [-0.05, 0) is 40.5 Å². The predicted molar refractivity (Wildman–Crippen MR) is 82.4 cm³/mol. The van der Waals surface area contributed by atoms with Crippen LogP contribution in [0.4, 0.5) is 0 Å². The van der Waals surface area contributed by atoms with Gasteiger partial charge in [-0.2, -0.15) is 0 Å². The fourth-order valence-electron chi connectivity index (χ4n) is 2.64. The summed E-state index contributed by atoms with van der Waals surface area (Å²) in [4.78, 5) is 18.2. The molecule has 1 rings (SSSR count). The summed E-state index contributed by atoms with van der Waals surface area (Å²) in [5.41, 5.74) is 0. The number of aromatic nitrogens is 2. The molecule has 4 heteroatoms. The third-order valence-corrected chi connectivity index (χ3v) is 3.52. The topological polar surface area (TPSA) is 38.1 Å². The average Bonchev–Trinajstić information content (AvgIpc) is 2.85. The van der Waals surface area contributed by atoms with Crippen LogP contribution < -0.4 is 0 Å². The maximum atomic E-state index is 12.2. The van der Waals surface area contributed by atoms with Crippen molar-refractivity contribution in [2.75, 3.05) is 0 Å². The van der Waals surface area contributed by atoms with Gasteiger partial charge in [-0.15, -0.1) is 0 Å². The number of amides is 1. The van der Waals surface area contributed by atoms with E-state index in [0.717, 1.165) is 25.8 Å². The van der Waals surface area contributed by atoms with E-state index in [-0.39, 0.29) is 0 Å². The zero-order chi connectivity index (χ0) is 15.0. The Hall–Kier alpha value is -1.32. The highest BCUT2D eigenvalue weighted by atomic mass is 16.2. The molecule has 0 N–H and O–H groups in total. The third kappa shape index (κ3) is 5.76. The van der Waals surface area contributed by atoms with E-state index in [1.54, 1.807) is 0 Å². The highest BCUT2D eigenvalue weighted by Crippen LogP contribution is 2.11. The van der Waals surface area contributed by atoms with Crippen molar-refractivity contribution >= 4 is 5.91 Å². The smallest absolute Gasteiger partial charge is 0.223 e. The van der Waals surface area contributed by atoms with Crippen molar-refractivity contribution < 1.29 is 4.79 Å². The monoisotopic (exact) mass is 279 g/mol. The SMILES string of the molecule is CC(C)N(C(=O)CCCCCCn1ccnc1)C(C)C. The molecule has 1 amide bonds. The zero-order valence-electron chi connectivity index (χ0n) is 13.4. The Labute approximate surface area is 123 Å². The molecule has 0 saturated heterocycles. The second-order valence-corrected chi connectivity index (χ2v) is 5.95. The van der Waals surface area contributed by atoms with Crippen LogP contribution in [-0.4, -0.2) is 32.4 Å². The minimum absolute atomic E-state index is 0.295. The Morgan fingerprint density at radius 3 is 2.30 bits per heavy atom. The first-order valence-corrected chi connectivity index (χ1v) is 7.79. The molecule has 0 spiro atoms. The van der Waals surface area contributed by atoms with Gasteiger partial charge in [0.2, 0.25) is 5.91 Å². The number of rotatable bonds is 9. The fraction of sp³-hybridized carbons (Fsp3) is 0.750. The Morgan fingerprint density at radius 2 is 1.75 bits per heavy atom. The van der Waals surface area contributed by atoms with Crippen molar-refractivity contribution in [3.8, 4) is 0 Å². The first-order valence-electron chi connectivity index (χ1n) is 7.79. The van der Waals surface area contributed by atoms with Crippen LogP contribution >= 0.6 is 0 Å². The van der Waals surface area contributed by atoms with Crippen LogP contribution in [0.25, 0.3) is 0 Å². The van der Waals surface area contributed by atoms with Crippen LogP contribution in [0, 0.1) is 0 Å². The third-order valence-electron chi connectivity index (χ3n) is 3.52. The number of carbonyl (C=O) groups is 1. The molecule has 0 aliphatic carbocycles. The van der Waals surface area contributed by atoms with E-state index in [2.05, 4.69) is 37.2 Å². The lowest BCUT2D eigenvalue weighted by Crippen LogP contribution is -2.41. The normalized spacial score (nSPS) is 11.3. The summed E-state index contributed by atoms with van der Waals surface area (Å²) < 4.78 is 2.10. The summed E-state index contributed by atoms with van der Waals surface area (Å²) in [5, 5.41) is 0. The lowest BCUT2D eigenvalue weighted by Gasteiger charge is -2.30. The second-order valence-electron chi connectivity index (χ2n) is 5.95. The van der Waals surface area contributed by atoms with E-state index in [1.807, 2.05) is 23.6 Å². The Bertz CT molecular complexity index is 363. The van der Waals surface area contributed by atoms with Gasteiger partial charge >= 0.3 is 0 Å². The molecule has 0 radical (unpaired) electrons. The molecule has 0 fully saturated rings. The van der Waals surface area contributed by atoms with Crippen molar-refractivity contribution in [2.24, 2.45) is 0 Å². The maximum absolute atomic E-state index is 12.2. The van der Waals surface area contributed by atoms with E-state index < -0.39 is 0 Å². The molecule has 0 bridgehead atoms.